The van der Waals surface area contributed by atoms with E-state index in [0.29, 0.717) is 48.9 Å². The van der Waals surface area contributed by atoms with Gasteiger partial charge < -0.3 is 14.8 Å². The standard InChI is InChI=1S/C24H17Cl3N2O3S/c1-31-20-11-15(7-10-19(20)32-13-14-5-8-16(25)9-6-14)12-21-23(30)29-24(33-21)28-18-4-2-3-17(26)22(18)27/h2-12H,13H2,1H3,(H,28,29,30). The summed E-state index contributed by atoms with van der Waals surface area (Å²) in [5, 5.41) is 4.56. The Morgan fingerprint density at radius 3 is 2.58 bits per heavy atom. The van der Waals surface area contributed by atoms with Crippen molar-refractivity contribution in [3.8, 4) is 11.5 Å². The fraction of sp³-hybridized carbons (Fsp3) is 0.0833. The Hall–Kier alpha value is -2.64. The van der Waals surface area contributed by atoms with E-state index < -0.39 is 0 Å². The van der Waals surface area contributed by atoms with E-state index in [1.807, 2.05) is 30.3 Å². The highest BCUT2D eigenvalue weighted by molar-refractivity contribution is 8.18. The summed E-state index contributed by atoms with van der Waals surface area (Å²) in [6.07, 6.45) is 1.76. The molecule has 4 rings (SSSR count). The molecule has 9 heteroatoms. The highest BCUT2D eigenvalue weighted by Gasteiger charge is 2.24. The summed E-state index contributed by atoms with van der Waals surface area (Å²) in [6, 6.07) is 18.0. The average molecular weight is 520 g/mol. The number of carbonyl (C=O) groups is 1. The number of rotatable bonds is 6. The first-order valence-electron chi connectivity index (χ1n) is 9.72. The van der Waals surface area contributed by atoms with Crippen molar-refractivity contribution in [2.24, 2.45) is 4.99 Å². The molecule has 0 radical (unpaired) electrons. The molecule has 0 aliphatic carbocycles. The number of hydrogen-bond donors (Lipinski definition) is 1. The molecule has 0 bridgehead atoms. The second kappa shape index (κ2) is 10.5. The van der Waals surface area contributed by atoms with E-state index in [0.717, 1.165) is 11.1 Å². The van der Waals surface area contributed by atoms with Gasteiger partial charge in [0.05, 0.1) is 27.7 Å². The van der Waals surface area contributed by atoms with E-state index in [9.17, 15) is 4.79 Å². The number of halogens is 3. The van der Waals surface area contributed by atoms with Crippen molar-refractivity contribution in [3.05, 3.63) is 91.8 Å². The number of nitrogens with one attached hydrogen (secondary N) is 1. The second-order valence-electron chi connectivity index (χ2n) is 6.88. The van der Waals surface area contributed by atoms with Crippen LogP contribution in [-0.2, 0) is 11.4 Å². The van der Waals surface area contributed by atoms with Crippen LogP contribution in [0.2, 0.25) is 15.1 Å². The molecule has 1 aliphatic heterocycles. The molecule has 1 aliphatic rings. The van der Waals surface area contributed by atoms with Crippen molar-refractivity contribution < 1.29 is 14.3 Å². The molecular weight excluding hydrogens is 503 g/mol. The molecule has 168 valence electrons. The van der Waals surface area contributed by atoms with E-state index in [-0.39, 0.29) is 5.91 Å². The van der Waals surface area contributed by atoms with E-state index in [1.54, 1.807) is 43.5 Å². The molecule has 33 heavy (non-hydrogen) atoms. The highest BCUT2D eigenvalue weighted by Crippen LogP contribution is 2.35. The number of aliphatic imine (C=N–C) groups is 1. The maximum absolute atomic E-state index is 12.4. The fourth-order valence-electron chi connectivity index (χ4n) is 2.95. The van der Waals surface area contributed by atoms with Gasteiger partial charge in [0.25, 0.3) is 5.91 Å². The van der Waals surface area contributed by atoms with Crippen LogP contribution in [0, 0.1) is 0 Å². The molecule has 1 N–H and O–H groups in total. The number of amidine groups is 1. The van der Waals surface area contributed by atoms with Crippen molar-refractivity contribution in [1.82, 2.24) is 5.32 Å². The molecule has 0 saturated carbocycles. The summed E-state index contributed by atoms with van der Waals surface area (Å²) in [7, 11) is 1.57. The maximum atomic E-state index is 12.4. The molecule has 1 amide bonds. The third-order valence-electron chi connectivity index (χ3n) is 4.60. The third-order valence-corrected chi connectivity index (χ3v) is 6.57. The summed E-state index contributed by atoms with van der Waals surface area (Å²) in [4.78, 5) is 17.3. The Bertz CT molecular complexity index is 1260. The lowest BCUT2D eigenvalue weighted by atomic mass is 10.2. The Kier molecular flexibility index (Phi) is 7.50. The quantitative estimate of drug-likeness (QED) is 0.352. The van der Waals surface area contributed by atoms with Crippen LogP contribution in [0.3, 0.4) is 0 Å². The van der Waals surface area contributed by atoms with Gasteiger partial charge in [-0.1, -0.05) is 59.1 Å². The largest absolute Gasteiger partial charge is 0.493 e. The van der Waals surface area contributed by atoms with Crippen molar-refractivity contribution in [3.63, 3.8) is 0 Å². The minimum atomic E-state index is -0.251. The first kappa shape index (κ1) is 23.5. The van der Waals surface area contributed by atoms with Crippen LogP contribution >= 0.6 is 46.6 Å². The lowest BCUT2D eigenvalue weighted by Crippen LogP contribution is -2.19. The van der Waals surface area contributed by atoms with Crippen molar-refractivity contribution in [2.45, 2.75) is 6.61 Å². The fourth-order valence-corrected chi connectivity index (χ4v) is 4.25. The molecule has 0 aromatic heterocycles. The van der Waals surface area contributed by atoms with Crippen LogP contribution in [0.5, 0.6) is 11.5 Å². The third kappa shape index (κ3) is 5.84. The Balaban J connectivity index is 1.50. The molecule has 1 fully saturated rings. The molecule has 3 aromatic carbocycles. The van der Waals surface area contributed by atoms with E-state index in [4.69, 9.17) is 44.3 Å². The summed E-state index contributed by atoms with van der Waals surface area (Å²) < 4.78 is 11.4. The Morgan fingerprint density at radius 1 is 1.03 bits per heavy atom. The minimum Gasteiger partial charge on any atom is -0.493 e. The van der Waals surface area contributed by atoms with Crippen LogP contribution < -0.4 is 14.8 Å². The Labute approximate surface area is 210 Å². The van der Waals surface area contributed by atoms with Crippen molar-refractivity contribution >= 4 is 69.4 Å². The number of ether oxygens (including phenoxy) is 2. The van der Waals surface area contributed by atoms with Gasteiger partial charge in [0.1, 0.15) is 6.61 Å². The summed E-state index contributed by atoms with van der Waals surface area (Å²) in [5.41, 5.74) is 2.25. The predicted molar refractivity (Wildman–Crippen MR) is 136 cm³/mol. The molecule has 0 unspecified atom stereocenters. The molecule has 3 aromatic rings. The summed E-state index contributed by atoms with van der Waals surface area (Å²) in [6.45, 7) is 0.373. The lowest BCUT2D eigenvalue weighted by Gasteiger charge is -2.11. The van der Waals surface area contributed by atoms with Crippen LogP contribution in [0.15, 0.2) is 70.6 Å². The number of carbonyl (C=O) groups excluding carboxylic acids is 1. The summed E-state index contributed by atoms with van der Waals surface area (Å²) in [5.74, 6) is 0.899. The zero-order chi connectivity index (χ0) is 23.4. The van der Waals surface area contributed by atoms with Gasteiger partial charge in [-0.2, -0.15) is 0 Å². The number of amides is 1. The number of methoxy groups -OCH3 is 1. The van der Waals surface area contributed by atoms with E-state index in [1.165, 1.54) is 11.8 Å². The number of benzene rings is 3. The van der Waals surface area contributed by atoms with E-state index in [2.05, 4.69) is 10.3 Å². The number of nitrogens with zero attached hydrogens (tertiary/aromatic N) is 1. The zero-order valence-electron chi connectivity index (χ0n) is 17.3. The number of thioether (sulfide) groups is 1. The van der Waals surface area contributed by atoms with Gasteiger partial charge in [-0.25, -0.2) is 4.99 Å². The molecule has 1 heterocycles. The second-order valence-corrected chi connectivity index (χ2v) is 9.13. The molecule has 0 spiro atoms. The van der Waals surface area contributed by atoms with Crippen LogP contribution in [-0.4, -0.2) is 18.2 Å². The first-order chi connectivity index (χ1) is 15.9. The van der Waals surface area contributed by atoms with Crippen LogP contribution in [0.1, 0.15) is 11.1 Å². The van der Waals surface area contributed by atoms with Gasteiger partial charge in [-0.15, -0.1) is 0 Å². The molecule has 0 atom stereocenters. The molecule has 1 saturated heterocycles. The van der Waals surface area contributed by atoms with Gasteiger partial charge in [0, 0.05) is 5.02 Å². The lowest BCUT2D eigenvalue weighted by molar-refractivity contribution is -0.115. The predicted octanol–water partition coefficient (Wildman–Crippen LogP) is 7.13. The van der Waals surface area contributed by atoms with Gasteiger partial charge in [0.2, 0.25) is 0 Å². The maximum Gasteiger partial charge on any atom is 0.264 e. The molecular formula is C24H17Cl3N2O3S. The Morgan fingerprint density at radius 2 is 1.82 bits per heavy atom. The van der Waals surface area contributed by atoms with Gasteiger partial charge in [-0.3, -0.25) is 4.79 Å². The SMILES string of the molecule is COc1cc(C=C2SC(=Nc3cccc(Cl)c3Cl)NC2=O)ccc1OCc1ccc(Cl)cc1. The van der Waals surface area contributed by atoms with Gasteiger partial charge >= 0.3 is 0 Å². The topological polar surface area (TPSA) is 59.9 Å². The first-order valence-corrected chi connectivity index (χ1v) is 11.7. The number of hydrogen-bond acceptors (Lipinski definition) is 5. The van der Waals surface area contributed by atoms with Crippen LogP contribution in [0.25, 0.3) is 6.08 Å². The van der Waals surface area contributed by atoms with E-state index >= 15 is 0 Å². The van der Waals surface area contributed by atoms with Crippen molar-refractivity contribution in [1.29, 1.82) is 0 Å². The normalized spacial score (nSPS) is 15.7. The average Bonchev–Trinajstić information content (AvgIpc) is 3.15. The summed E-state index contributed by atoms with van der Waals surface area (Å²) >= 11 is 19.4. The van der Waals surface area contributed by atoms with Gasteiger partial charge in [0.15, 0.2) is 16.7 Å². The minimum absolute atomic E-state index is 0.251. The highest BCUT2D eigenvalue weighted by atomic mass is 35.5. The van der Waals surface area contributed by atoms with Crippen LogP contribution in [0.4, 0.5) is 5.69 Å². The van der Waals surface area contributed by atoms with Crippen molar-refractivity contribution in [2.75, 3.05) is 7.11 Å². The monoisotopic (exact) mass is 518 g/mol. The van der Waals surface area contributed by atoms with Gasteiger partial charge in [-0.05, 0) is 65.4 Å². The zero-order valence-corrected chi connectivity index (χ0v) is 20.4. The smallest absolute Gasteiger partial charge is 0.264 e. The molecule has 5 nitrogen and oxygen atoms in total.